The van der Waals surface area contributed by atoms with Crippen molar-refractivity contribution in [1.82, 2.24) is 14.7 Å². The number of hydrogen-bond acceptors (Lipinski definition) is 4. The molecule has 1 aliphatic heterocycles. The van der Waals surface area contributed by atoms with Gasteiger partial charge < -0.3 is 9.84 Å². The molecule has 1 aromatic heterocycles. The molecule has 1 saturated heterocycles. The van der Waals surface area contributed by atoms with Gasteiger partial charge in [-0.1, -0.05) is 0 Å². The minimum Gasteiger partial charge on any atom is -0.491 e. The van der Waals surface area contributed by atoms with Crippen molar-refractivity contribution in [3.63, 3.8) is 0 Å². The van der Waals surface area contributed by atoms with E-state index in [1.807, 2.05) is 24.0 Å². The van der Waals surface area contributed by atoms with E-state index in [1.165, 1.54) is 12.1 Å². The third-order valence-corrected chi connectivity index (χ3v) is 4.36. The lowest BCUT2D eigenvalue weighted by Gasteiger charge is -2.26. The van der Waals surface area contributed by atoms with Crippen molar-refractivity contribution >= 4 is 0 Å². The third-order valence-electron chi connectivity index (χ3n) is 4.36. The van der Waals surface area contributed by atoms with Crippen LogP contribution in [-0.2, 0) is 6.54 Å². The van der Waals surface area contributed by atoms with Crippen LogP contribution in [0.1, 0.15) is 18.4 Å². The second-order valence-electron chi connectivity index (χ2n) is 6.45. The average Bonchev–Trinajstić information content (AvgIpc) is 3.16. The highest BCUT2D eigenvalue weighted by Crippen LogP contribution is 2.19. The zero-order valence-corrected chi connectivity index (χ0v) is 13.9. The monoisotopic (exact) mass is 333 g/mol. The number of β-amino-alcohol motifs (C(OH)–C–C–N with tert-alkyl or cyclic N) is 1. The number of hydrogen-bond donors (Lipinski definition) is 1. The highest BCUT2D eigenvalue weighted by Gasteiger charge is 2.26. The van der Waals surface area contributed by atoms with E-state index in [1.54, 1.807) is 12.1 Å². The van der Waals surface area contributed by atoms with Crippen LogP contribution in [0.4, 0.5) is 4.39 Å². The van der Waals surface area contributed by atoms with E-state index in [0.717, 1.165) is 31.5 Å². The molecule has 0 spiro atoms. The normalized spacial score (nSPS) is 19.5. The molecule has 0 radical (unpaired) electrons. The van der Waals surface area contributed by atoms with Crippen molar-refractivity contribution in [3.05, 3.63) is 48.0 Å². The largest absolute Gasteiger partial charge is 0.491 e. The first-order chi connectivity index (χ1) is 11.6. The summed E-state index contributed by atoms with van der Waals surface area (Å²) in [7, 11) is 0. The summed E-state index contributed by atoms with van der Waals surface area (Å²) in [5, 5.41) is 14.6. The van der Waals surface area contributed by atoms with E-state index in [2.05, 4.69) is 10.00 Å². The van der Waals surface area contributed by atoms with Gasteiger partial charge in [-0.2, -0.15) is 5.10 Å². The maximum absolute atomic E-state index is 12.9. The summed E-state index contributed by atoms with van der Waals surface area (Å²) in [6.07, 6.45) is 5.59. The summed E-state index contributed by atoms with van der Waals surface area (Å²) in [4.78, 5) is 2.30. The lowest BCUT2D eigenvalue weighted by molar-refractivity contribution is 0.0609. The molecule has 0 aliphatic carbocycles. The molecule has 1 aliphatic rings. The van der Waals surface area contributed by atoms with Crippen LogP contribution >= 0.6 is 0 Å². The van der Waals surface area contributed by atoms with E-state index < -0.39 is 6.10 Å². The number of aliphatic hydroxyl groups is 1. The van der Waals surface area contributed by atoms with Crippen LogP contribution in [-0.4, -0.2) is 51.6 Å². The number of aromatic nitrogens is 2. The lowest BCUT2D eigenvalue weighted by atomic mass is 10.2. The number of aryl methyl sites for hydroxylation is 1. The molecule has 5 nitrogen and oxygen atoms in total. The van der Waals surface area contributed by atoms with E-state index in [0.29, 0.717) is 18.3 Å². The molecule has 6 heteroatoms. The fourth-order valence-electron chi connectivity index (χ4n) is 3.17. The molecule has 0 amide bonds. The van der Waals surface area contributed by atoms with Gasteiger partial charge in [0.2, 0.25) is 0 Å². The van der Waals surface area contributed by atoms with Gasteiger partial charge in [0.1, 0.15) is 24.3 Å². The quantitative estimate of drug-likeness (QED) is 0.844. The van der Waals surface area contributed by atoms with Crippen LogP contribution in [0, 0.1) is 12.7 Å². The number of halogens is 1. The number of benzene rings is 1. The molecule has 2 aromatic rings. The second-order valence-corrected chi connectivity index (χ2v) is 6.45. The zero-order chi connectivity index (χ0) is 16.9. The molecule has 1 aromatic carbocycles. The molecule has 0 bridgehead atoms. The van der Waals surface area contributed by atoms with Gasteiger partial charge in [-0.3, -0.25) is 9.58 Å². The molecule has 2 atom stereocenters. The van der Waals surface area contributed by atoms with Crippen LogP contribution in [0.2, 0.25) is 0 Å². The molecule has 130 valence electrons. The predicted molar refractivity (Wildman–Crippen MR) is 89.5 cm³/mol. The van der Waals surface area contributed by atoms with Crippen molar-refractivity contribution < 1.29 is 14.2 Å². The Morgan fingerprint density at radius 2 is 2.17 bits per heavy atom. The van der Waals surface area contributed by atoms with Crippen molar-refractivity contribution in [3.8, 4) is 5.75 Å². The first kappa shape index (κ1) is 16.9. The minimum atomic E-state index is -0.574. The number of ether oxygens (including phenoxy) is 1. The van der Waals surface area contributed by atoms with Gasteiger partial charge in [0.15, 0.2) is 0 Å². The molecule has 1 N–H and O–H groups in total. The Morgan fingerprint density at radius 1 is 1.38 bits per heavy atom. The highest BCUT2D eigenvalue weighted by atomic mass is 19.1. The third kappa shape index (κ3) is 4.55. The molecule has 2 heterocycles. The summed E-state index contributed by atoms with van der Waals surface area (Å²) in [6.45, 7) is 4.65. The Balaban J connectivity index is 1.47. The van der Waals surface area contributed by atoms with Gasteiger partial charge in [-0.15, -0.1) is 0 Å². The Hall–Kier alpha value is -1.92. The summed E-state index contributed by atoms with van der Waals surface area (Å²) in [5.74, 6) is 0.275. The minimum absolute atomic E-state index is 0.204. The molecule has 24 heavy (non-hydrogen) atoms. The fourth-order valence-corrected chi connectivity index (χ4v) is 3.17. The summed E-state index contributed by atoms with van der Waals surface area (Å²) < 4.78 is 20.4. The van der Waals surface area contributed by atoms with E-state index in [9.17, 15) is 9.50 Å². The number of likely N-dealkylation sites (tertiary alicyclic amines) is 1. The van der Waals surface area contributed by atoms with Crippen LogP contribution < -0.4 is 4.74 Å². The van der Waals surface area contributed by atoms with Crippen LogP contribution in [0.25, 0.3) is 0 Å². The SMILES string of the molecule is Cc1cnn(CC2CCCN2CC(O)COc2ccc(F)cc2)c1. The summed E-state index contributed by atoms with van der Waals surface area (Å²) in [5.41, 5.74) is 1.16. The zero-order valence-electron chi connectivity index (χ0n) is 13.9. The molecule has 2 unspecified atom stereocenters. The fraction of sp³-hybridized carbons (Fsp3) is 0.500. The van der Waals surface area contributed by atoms with Crippen LogP contribution in [0.5, 0.6) is 5.75 Å². The topological polar surface area (TPSA) is 50.5 Å². The molecule has 3 rings (SSSR count). The lowest BCUT2D eigenvalue weighted by Crippen LogP contribution is -2.40. The van der Waals surface area contributed by atoms with Crippen LogP contribution in [0.15, 0.2) is 36.7 Å². The second kappa shape index (κ2) is 7.77. The number of rotatable bonds is 7. The maximum atomic E-state index is 12.9. The standard InChI is InChI=1S/C18H24FN3O2/c1-14-9-20-22(10-14)11-16-3-2-8-21(16)12-17(23)13-24-18-6-4-15(19)5-7-18/h4-7,9-10,16-17,23H,2-3,8,11-13H2,1H3. The van der Waals surface area contributed by atoms with E-state index >= 15 is 0 Å². The molecule has 0 saturated carbocycles. The Kier molecular flexibility index (Phi) is 5.48. The molecular weight excluding hydrogens is 309 g/mol. The van der Waals surface area contributed by atoms with Gasteiger partial charge >= 0.3 is 0 Å². The Labute approximate surface area is 141 Å². The van der Waals surface area contributed by atoms with Crippen molar-refractivity contribution in [1.29, 1.82) is 0 Å². The molecular formula is C18H24FN3O2. The first-order valence-electron chi connectivity index (χ1n) is 8.39. The number of nitrogens with zero attached hydrogens (tertiary/aromatic N) is 3. The molecule has 1 fully saturated rings. The van der Waals surface area contributed by atoms with Crippen molar-refractivity contribution in [2.45, 2.75) is 38.5 Å². The Bertz CT molecular complexity index is 644. The summed E-state index contributed by atoms with van der Waals surface area (Å²) in [6, 6.07) is 6.24. The highest BCUT2D eigenvalue weighted by molar-refractivity contribution is 5.22. The average molecular weight is 333 g/mol. The van der Waals surface area contributed by atoms with Gasteiger partial charge in [0.05, 0.1) is 12.7 Å². The Morgan fingerprint density at radius 3 is 2.88 bits per heavy atom. The van der Waals surface area contributed by atoms with Gasteiger partial charge in [0.25, 0.3) is 0 Å². The first-order valence-corrected chi connectivity index (χ1v) is 8.39. The van der Waals surface area contributed by atoms with Crippen LogP contribution in [0.3, 0.4) is 0 Å². The maximum Gasteiger partial charge on any atom is 0.123 e. The van der Waals surface area contributed by atoms with E-state index in [4.69, 9.17) is 4.74 Å². The van der Waals surface area contributed by atoms with Crippen molar-refractivity contribution in [2.24, 2.45) is 0 Å². The predicted octanol–water partition coefficient (Wildman–Crippen LogP) is 2.23. The van der Waals surface area contributed by atoms with Gasteiger partial charge in [-0.25, -0.2) is 4.39 Å². The van der Waals surface area contributed by atoms with Crippen molar-refractivity contribution in [2.75, 3.05) is 19.7 Å². The number of aliphatic hydroxyl groups excluding tert-OH is 1. The smallest absolute Gasteiger partial charge is 0.123 e. The van der Waals surface area contributed by atoms with E-state index in [-0.39, 0.29) is 12.4 Å². The summed E-state index contributed by atoms with van der Waals surface area (Å²) >= 11 is 0. The van der Waals surface area contributed by atoms with Gasteiger partial charge in [0, 0.05) is 18.8 Å². The van der Waals surface area contributed by atoms with Gasteiger partial charge in [-0.05, 0) is 56.1 Å².